The summed E-state index contributed by atoms with van der Waals surface area (Å²) in [7, 11) is 0. The van der Waals surface area contributed by atoms with E-state index in [1.54, 1.807) is 49.4 Å². The van der Waals surface area contributed by atoms with Crippen LogP contribution in [0.25, 0.3) is 0 Å². The molecule has 6 nitrogen and oxygen atoms in total. The van der Waals surface area contributed by atoms with Crippen molar-refractivity contribution in [3.8, 4) is 0 Å². The van der Waals surface area contributed by atoms with Crippen LogP contribution in [-0.2, 0) is 20.9 Å². The van der Waals surface area contributed by atoms with E-state index in [-0.39, 0.29) is 23.9 Å². The molecule has 2 aromatic rings. The fourth-order valence-corrected chi connectivity index (χ4v) is 3.01. The van der Waals surface area contributed by atoms with Crippen LogP contribution in [0, 0.1) is 0 Å². The number of amides is 2. The number of carbonyl (C=O) groups excluding carboxylic acids is 3. The van der Waals surface area contributed by atoms with Crippen LogP contribution >= 0.6 is 23.2 Å². The number of nitrogens with zero attached hydrogens (tertiary/aromatic N) is 1. The van der Waals surface area contributed by atoms with Crippen molar-refractivity contribution in [1.29, 1.82) is 0 Å². The van der Waals surface area contributed by atoms with Gasteiger partial charge in [-0.3, -0.25) is 14.5 Å². The molecule has 0 aromatic heterocycles. The Hall–Kier alpha value is -2.83. The average molecular weight is 419 g/mol. The van der Waals surface area contributed by atoms with Gasteiger partial charge in [-0.2, -0.15) is 0 Å². The predicted octanol–water partition coefficient (Wildman–Crippen LogP) is 3.95. The van der Waals surface area contributed by atoms with Gasteiger partial charge >= 0.3 is 5.97 Å². The molecule has 0 saturated heterocycles. The number of ether oxygens (including phenoxy) is 1. The number of carbonyl (C=O) groups is 3. The van der Waals surface area contributed by atoms with Crippen molar-refractivity contribution < 1.29 is 19.1 Å². The van der Waals surface area contributed by atoms with Crippen LogP contribution in [0.3, 0.4) is 0 Å². The summed E-state index contributed by atoms with van der Waals surface area (Å²) in [5.74, 6) is -1.62. The highest BCUT2D eigenvalue weighted by Crippen LogP contribution is 2.27. The summed E-state index contributed by atoms with van der Waals surface area (Å²) in [6.45, 7) is 2.03. The van der Waals surface area contributed by atoms with Crippen LogP contribution in [0.15, 0.2) is 59.3 Å². The van der Waals surface area contributed by atoms with Gasteiger partial charge in [0.2, 0.25) is 0 Å². The van der Waals surface area contributed by atoms with Gasteiger partial charge in [0.25, 0.3) is 11.8 Å². The van der Waals surface area contributed by atoms with E-state index < -0.39 is 17.8 Å². The Kier molecular flexibility index (Phi) is 6.02. The summed E-state index contributed by atoms with van der Waals surface area (Å²) < 4.78 is 4.96. The van der Waals surface area contributed by atoms with Crippen molar-refractivity contribution in [2.75, 3.05) is 11.9 Å². The van der Waals surface area contributed by atoms with Gasteiger partial charge in [0.15, 0.2) is 0 Å². The number of hydrogen-bond donors (Lipinski definition) is 1. The van der Waals surface area contributed by atoms with Gasteiger partial charge < -0.3 is 10.1 Å². The van der Waals surface area contributed by atoms with Gasteiger partial charge in [0.1, 0.15) is 10.7 Å². The molecule has 2 aromatic carbocycles. The normalized spacial score (nSPS) is 13.9. The smallest absolute Gasteiger partial charge is 0.338 e. The second-order valence-electron chi connectivity index (χ2n) is 5.94. The molecule has 0 unspecified atom stereocenters. The van der Waals surface area contributed by atoms with E-state index in [9.17, 15) is 14.4 Å². The maximum absolute atomic E-state index is 12.7. The lowest BCUT2D eigenvalue weighted by atomic mass is 10.2. The van der Waals surface area contributed by atoms with Crippen molar-refractivity contribution in [3.05, 3.63) is 75.4 Å². The fourth-order valence-electron chi connectivity index (χ4n) is 2.65. The first kappa shape index (κ1) is 19.9. The maximum Gasteiger partial charge on any atom is 0.338 e. The number of anilines is 1. The summed E-state index contributed by atoms with van der Waals surface area (Å²) in [6, 6.07) is 13.2. The van der Waals surface area contributed by atoms with Gasteiger partial charge in [-0.05, 0) is 42.8 Å². The van der Waals surface area contributed by atoms with Crippen LogP contribution in [-0.4, -0.2) is 29.3 Å². The van der Waals surface area contributed by atoms with Gasteiger partial charge in [0.05, 0.1) is 18.7 Å². The first-order chi connectivity index (χ1) is 13.4. The van der Waals surface area contributed by atoms with Crippen LogP contribution in [0.5, 0.6) is 0 Å². The van der Waals surface area contributed by atoms with Crippen molar-refractivity contribution in [2.45, 2.75) is 13.5 Å². The molecular formula is C20H16Cl2N2O4. The standard InChI is InChI=1S/C20H16Cl2N2O4/c1-2-28-20(27)13-4-3-5-15(10-13)23-17-16(22)18(25)24(19(17)26)11-12-6-8-14(21)9-7-12/h3-10,23H,2,11H2,1H3. The van der Waals surface area contributed by atoms with Crippen LogP contribution in [0.4, 0.5) is 5.69 Å². The number of halogens is 2. The van der Waals surface area contributed by atoms with Crippen molar-refractivity contribution in [2.24, 2.45) is 0 Å². The molecule has 0 saturated carbocycles. The van der Waals surface area contributed by atoms with E-state index in [4.69, 9.17) is 27.9 Å². The first-order valence-electron chi connectivity index (χ1n) is 8.45. The number of nitrogens with one attached hydrogen (secondary N) is 1. The molecule has 1 aliphatic heterocycles. The lowest BCUT2D eigenvalue weighted by molar-refractivity contribution is -0.138. The SMILES string of the molecule is CCOC(=O)c1cccc(NC2=C(Cl)C(=O)N(Cc3ccc(Cl)cc3)C2=O)c1. The van der Waals surface area contributed by atoms with E-state index in [0.717, 1.165) is 10.5 Å². The lowest BCUT2D eigenvalue weighted by Gasteiger charge is -2.15. The van der Waals surface area contributed by atoms with Crippen LogP contribution < -0.4 is 5.32 Å². The average Bonchev–Trinajstić information content (AvgIpc) is 2.88. The molecule has 0 spiro atoms. The third-order valence-corrected chi connectivity index (χ3v) is 4.61. The maximum atomic E-state index is 12.7. The minimum Gasteiger partial charge on any atom is -0.462 e. The molecular weight excluding hydrogens is 403 g/mol. The summed E-state index contributed by atoms with van der Waals surface area (Å²) >= 11 is 12.0. The Morgan fingerprint density at radius 3 is 2.46 bits per heavy atom. The Morgan fingerprint density at radius 1 is 1.07 bits per heavy atom. The second-order valence-corrected chi connectivity index (χ2v) is 6.75. The van der Waals surface area contributed by atoms with Gasteiger partial charge in [0, 0.05) is 10.7 Å². The third kappa shape index (κ3) is 4.18. The number of esters is 1. The first-order valence-corrected chi connectivity index (χ1v) is 9.21. The molecule has 0 radical (unpaired) electrons. The molecule has 1 N–H and O–H groups in total. The Morgan fingerprint density at radius 2 is 1.79 bits per heavy atom. The zero-order valence-electron chi connectivity index (χ0n) is 14.9. The molecule has 1 heterocycles. The topological polar surface area (TPSA) is 75.7 Å². The molecule has 28 heavy (non-hydrogen) atoms. The molecule has 144 valence electrons. The summed E-state index contributed by atoms with van der Waals surface area (Å²) in [5, 5.41) is 3.19. The summed E-state index contributed by atoms with van der Waals surface area (Å²) in [5.41, 5.74) is 1.45. The van der Waals surface area contributed by atoms with E-state index >= 15 is 0 Å². The van der Waals surface area contributed by atoms with E-state index in [2.05, 4.69) is 5.32 Å². The summed E-state index contributed by atoms with van der Waals surface area (Å²) in [6.07, 6.45) is 0. The number of imide groups is 1. The van der Waals surface area contributed by atoms with Gasteiger partial charge in [-0.15, -0.1) is 0 Å². The molecule has 0 aliphatic carbocycles. The molecule has 0 bridgehead atoms. The van der Waals surface area contributed by atoms with Crippen LogP contribution in [0.2, 0.25) is 5.02 Å². The molecule has 3 rings (SSSR count). The minimum absolute atomic E-state index is 0.0401. The lowest BCUT2D eigenvalue weighted by Crippen LogP contribution is -2.31. The van der Waals surface area contributed by atoms with E-state index in [1.165, 1.54) is 6.07 Å². The zero-order valence-corrected chi connectivity index (χ0v) is 16.4. The predicted molar refractivity (Wildman–Crippen MR) is 106 cm³/mol. The molecule has 8 heteroatoms. The van der Waals surface area contributed by atoms with Crippen molar-refractivity contribution in [3.63, 3.8) is 0 Å². The highest BCUT2D eigenvalue weighted by atomic mass is 35.5. The minimum atomic E-state index is -0.592. The number of hydrogen-bond acceptors (Lipinski definition) is 5. The van der Waals surface area contributed by atoms with Gasteiger partial charge in [-0.1, -0.05) is 41.4 Å². The highest BCUT2D eigenvalue weighted by molar-refractivity contribution is 6.48. The monoisotopic (exact) mass is 418 g/mol. The quantitative estimate of drug-likeness (QED) is 0.567. The Balaban J connectivity index is 1.78. The third-order valence-electron chi connectivity index (χ3n) is 4.01. The van der Waals surface area contributed by atoms with Crippen molar-refractivity contribution >= 4 is 46.7 Å². The number of benzene rings is 2. The zero-order chi connectivity index (χ0) is 20.3. The highest BCUT2D eigenvalue weighted by Gasteiger charge is 2.37. The van der Waals surface area contributed by atoms with Crippen molar-refractivity contribution in [1.82, 2.24) is 4.90 Å². The largest absolute Gasteiger partial charge is 0.462 e. The number of rotatable bonds is 6. The summed E-state index contributed by atoms with van der Waals surface area (Å²) in [4.78, 5) is 38.0. The molecule has 0 atom stereocenters. The molecule has 0 fully saturated rings. The molecule has 1 aliphatic rings. The van der Waals surface area contributed by atoms with E-state index in [0.29, 0.717) is 16.3 Å². The Labute approximate surface area is 171 Å². The van der Waals surface area contributed by atoms with Gasteiger partial charge in [-0.25, -0.2) is 4.79 Å². The van der Waals surface area contributed by atoms with Crippen LogP contribution in [0.1, 0.15) is 22.8 Å². The Bertz CT molecular complexity index is 970. The fraction of sp³-hybridized carbons (Fsp3) is 0.150. The van der Waals surface area contributed by atoms with E-state index in [1.807, 2.05) is 0 Å². The second kappa shape index (κ2) is 8.46. The molecule has 2 amide bonds.